The fraction of sp³-hybridized carbons (Fsp3) is 0.194. The van der Waals surface area contributed by atoms with Gasteiger partial charge in [-0.2, -0.15) is 0 Å². The molecule has 1 aliphatic heterocycles. The van der Waals surface area contributed by atoms with E-state index in [1.54, 1.807) is 10.9 Å². The second-order valence-electron chi connectivity index (χ2n) is 10.6. The standard InChI is InChI=1S/C31H25N5O5.ClH/c32-31-33-28-25(29(40)34-31)35(14-36(28)30-27(39)26(38)22(13-37)41-30)12-21-18-7-2-1-6-17(18)19-10-8-15-4-3-5-16-9-11-20(21)24(19)23(15)16;/h1-11,14,22,26-27,30,37-39H,12-13H2,(H2-,32,33,34,40);1H/t22-,26-,27-,30-;/m1./s1. The van der Waals surface area contributed by atoms with Gasteiger partial charge in [0.05, 0.1) is 13.2 Å². The summed E-state index contributed by atoms with van der Waals surface area (Å²) in [5.41, 5.74) is 7.22. The minimum Gasteiger partial charge on any atom is -0.856 e. The average Bonchev–Trinajstić information content (AvgIpc) is 3.48. The van der Waals surface area contributed by atoms with Crippen molar-refractivity contribution in [1.82, 2.24) is 14.5 Å². The van der Waals surface area contributed by atoms with Gasteiger partial charge in [-0.05, 0) is 43.1 Å². The smallest absolute Gasteiger partial charge is 0.309 e. The van der Waals surface area contributed by atoms with E-state index in [-0.39, 0.29) is 36.1 Å². The highest BCUT2D eigenvalue weighted by Gasteiger charge is 2.46. The van der Waals surface area contributed by atoms with Crippen molar-refractivity contribution in [3.8, 4) is 5.88 Å². The normalized spacial score (nSPS) is 20.8. The molecule has 2 aromatic heterocycles. The molecule has 5 aromatic carbocycles. The van der Waals surface area contributed by atoms with Crippen molar-refractivity contribution >= 4 is 72.6 Å². The van der Waals surface area contributed by atoms with Crippen LogP contribution in [-0.4, -0.2) is 54.8 Å². The zero-order valence-electron chi connectivity index (χ0n) is 22.1. The van der Waals surface area contributed by atoms with Gasteiger partial charge in [-0.3, -0.25) is 4.57 Å². The van der Waals surface area contributed by atoms with Gasteiger partial charge in [0.1, 0.15) is 18.3 Å². The van der Waals surface area contributed by atoms with Gasteiger partial charge in [-0.25, -0.2) is 9.55 Å². The maximum Gasteiger partial charge on any atom is 0.309 e. The van der Waals surface area contributed by atoms with Crippen LogP contribution in [0.4, 0.5) is 5.95 Å². The summed E-state index contributed by atoms with van der Waals surface area (Å²) in [4.78, 5) is 8.20. The number of hydrogen-bond acceptors (Lipinski definition) is 8. The lowest BCUT2D eigenvalue weighted by Crippen LogP contribution is -2.46. The fourth-order valence-electron chi connectivity index (χ4n) is 6.57. The number of halogens is 1. The van der Waals surface area contributed by atoms with Crippen molar-refractivity contribution in [3.63, 3.8) is 0 Å². The molecule has 1 fully saturated rings. The van der Waals surface area contributed by atoms with E-state index in [1.165, 1.54) is 9.95 Å². The van der Waals surface area contributed by atoms with Crippen LogP contribution in [0.5, 0.6) is 5.88 Å². The van der Waals surface area contributed by atoms with E-state index in [2.05, 4.69) is 64.6 Å². The summed E-state index contributed by atoms with van der Waals surface area (Å²) in [5.74, 6) is -0.783. The van der Waals surface area contributed by atoms with E-state index >= 15 is 0 Å². The van der Waals surface area contributed by atoms with Crippen molar-refractivity contribution in [3.05, 3.63) is 78.6 Å². The van der Waals surface area contributed by atoms with Gasteiger partial charge in [-0.15, -0.1) is 12.4 Å². The number of aliphatic hydroxyl groups is 3. The Morgan fingerprint density at radius 1 is 0.857 bits per heavy atom. The number of nitrogens with zero attached hydrogens (tertiary/aromatic N) is 4. The Bertz CT molecular complexity index is 2130. The van der Waals surface area contributed by atoms with Crippen LogP contribution in [0.3, 0.4) is 0 Å². The van der Waals surface area contributed by atoms with Gasteiger partial charge in [0, 0.05) is 11.4 Å². The van der Waals surface area contributed by atoms with Gasteiger partial charge >= 0.3 is 5.65 Å². The maximum absolute atomic E-state index is 13.2. The predicted molar refractivity (Wildman–Crippen MR) is 159 cm³/mol. The van der Waals surface area contributed by atoms with Crippen molar-refractivity contribution in [1.29, 1.82) is 0 Å². The zero-order chi connectivity index (χ0) is 28.0. The van der Waals surface area contributed by atoms with Gasteiger partial charge in [-0.1, -0.05) is 71.7 Å². The van der Waals surface area contributed by atoms with Crippen molar-refractivity contribution in [2.24, 2.45) is 0 Å². The first-order valence-electron chi connectivity index (χ1n) is 13.4. The number of anilines is 1. The molecule has 7 aromatic rings. The minimum atomic E-state index is -1.36. The topological polar surface area (TPSA) is 154 Å². The van der Waals surface area contributed by atoms with E-state index in [0.717, 1.165) is 43.3 Å². The summed E-state index contributed by atoms with van der Waals surface area (Å²) in [6, 6.07) is 23.1. The van der Waals surface area contributed by atoms with Crippen LogP contribution in [0.25, 0.3) is 54.3 Å². The number of aliphatic hydroxyl groups excluding tert-OH is 3. The predicted octanol–water partition coefficient (Wildman–Crippen LogP) is 2.51. The summed E-state index contributed by atoms with van der Waals surface area (Å²) in [5, 5.41) is 53.1. The molecule has 1 saturated heterocycles. The highest BCUT2D eigenvalue weighted by atomic mass is 35.5. The van der Waals surface area contributed by atoms with Gasteiger partial charge < -0.3 is 30.9 Å². The second kappa shape index (κ2) is 9.62. The second-order valence-corrected chi connectivity index (χ2v) is 10.6. The van der Waals surface area contributed by atoms with Crippen molar-refractivity contribution in [2.45, 2.75) is 31.1 Å². The molecular formula is C31H26ClN5O5. The summed E-state index contributed by atoms with van der Waals surface area (Å²) in [6.45, 7) is -0.192. The van der Waals surface area contributed by atoms with Crippen molar-refractivity contribution in [2.75, 3.05) is 12.3 Å². The lowest BCUT2D eigenvalue weighted by Gasteiger charge is -2.17. The van der Waals surface area contributed by atoms with Crippen molar-refractivity contribution < 1.29 is 29.7 Å². The molecule has 10 nitrogen and oxygen atoms in total. The number of aromatic nitrogens is 4. The van der Waals surface area contributed by atoms with Gasteiger partial charge in [0.15, 0.2) is 11.8 Å². The third kappa shape index (κ3) is 3.63. The maximum atomic E-state index is 13.2. The van der Waals surface area contributed by atoms with E-state index in [1.807, 2.05) is 12.1 Å². The molecule has 0 spiro atoms. The van der Waals surface area contributed by atoms with Crippen LogP contribution in [0.2, 0.25) is 0 Å². The lowest BCUT2D eigenvalue weighted by molar-refractivity contribution is -0.746. The van der Waals surface area contributed by atoms with Crippen LogP contribution in [0.15, 0.2) is 73.1 Å². The Balaban J connectivity index is 0.00000288. The zero-order valence-corrected chi connectivity index (χ0v) is 22.9. The molecule has 3 heterocycles. The SMILES string of the molecule is Cl.Nc1nc([O-])c2c(n1)[n+]([C@@H]1O[C@H](CO)[C@@H](O)[C@H]1O)cn2Cc1c2ccccc2c2ccc3cccc4ccc1c2c43. The molecular weight excluding hydrogens is 558 g/mol. The summed E-state index contributed by atoms with van der Waals surface area (Å²) >= 11 is 0. The largest absolute Gasteiger partial charge is 0.856 e. The summed E-state index contributed by atoms with van der Waals surface area (Å²) in [7, 11) is 0. The number of ether oxygens (including phenoxy) is 1. The molecule has 0 amide bonds. The van der Waals surface area contributed by atoms with Crippen LogP contribution in [0, 0.1) is 0 Å². The summed E-state index contributed by atoms with van der Waals surface area (Å²) in [6.07, 6.45) is -3.14. The van der Waals surface area contributed by atoms with Gasteiger partial charge in [0.25, 0.3) is 5.95 Å². The van der Waals surface area contributed by atoms with E-state index < -0.39 is 37.0 Å². The average molecular weight is 584 g/mol. The Morgan fingerprint density at radius 3 is 2.29 bits per heavy atom. The molecule has 5 N–H and O–H groups in total. The minimum absolute atomic E-state index is 0. The number of benzene rings is 5. The fourth-order valence-corrected chi connectivity index (χ4v) is 6.57. The first kappa shape index (κ1) is 26.6. The Labute approximate surface area is 244 Å². The van der Waals surface area contributed by atoms with E-state index in [0.29, 0.717) is 0 Å². The van der Waals surface area contributed by atoms with E-state index in [9.17, 15) is 20.4 Å². The number of hydrogen-bond donors (Lipinski definition) is 4. The molecule has 8 rings (SSSR count). The molecule has 0 saturated carbocycles. The number of imidazole rings is 1. The van der Waals surface area contributed by atoms with Crippen LogP contribution < -0.4 is 15.4 Å². The van der Waals surface area contributed by atoms with Crippen LogP contribution >= 0.6 is 12.4 Å². The first-order valence-corrected chi connectivity index (χ1v) is 13.4. The summed E-state index contributed by atoms with van der Waals surface area (Å²) < 4.78 is 9.01. The van der Waals surface area contributed by atoms with Crippen LogP contribution in [-0.2, 0) is 11.3 Å². The van der Waals surface area contributed by atoms with Gasteiger partial charge in [0.2, 0.25) is 6.23 Å². The third-order valence-corrected chi connectivity index (χ3v) is 8.41. The number of fused-ring (bicyclic) bond motifs is 3. The molecule has 1 aliphatic rings. The number of nitrogen functional groups attached to an aromatic ring is 1. The highest BCUT2D eigenvalue weighted by molar-refractivity contribution is 6.30. The molecule has 0 bridgehead atoms. The molecule has 0 aliphatic carbocycles. The third-order valence-electron chi connectivity index (χ3n) is 8.41. The Morgan fingerprint density at radius 2 is 1.57 bits per heavy atom. The molecule has 212 valence electrons. The molecule has 0 unspecified atom stereocenters. The Hall–Kier alpha value is -4.32. The number of rotatable bonds is 4. The molecule has 4 atom stereocenters. The molecule has 42 heavy (non-hydrogen) atoms. The highest BCUT2D eigenvalue weighted by Crippen LogP contribution is 2.41. The monoisotopic (exact) mass is 583 g/mol. The Kier molecular flexibility index (Phi) is 6.08. The first-order chi connectivity index (χ1) is 19.9. The quantitative estimate of drug-likeness (QED) is 0.140. The molecule has 11 heteroatoms. The van der Waals surface area contributed by atoms with E-state index in [4.69, 9.17) is 10.5 Å². The number of nitrogens with two attached hydrogens (primary N) is 1. The van der Waals surface area contributed by atoms with Crippen LogP contribution in [0.1, 0.15) is 11.8 Å². The molecule has 0 radical (unpaired) electrons. The lowest BCUT2D eigenvalue weighted by atomic mass is 9.87.